The molecule has 0 bridgehead atoms. The second-order valence-corrected chi connectivity index (χ2v) is 11.4. The third-order valence-electron chi connectivity index (χ3n) is 6.46. The van der Waals surface area contributed by atoms with Gasteiger partial charge in [0.05, 0.1) is 0 Å². The predicted octanol–water partition coefficient (Wildman–Crippen LogP) is 4.00. The van der Waals surface area contributed by atoms with Crippen molar-refractivity contribution in [2.24, 2.45) is 0 Å². The monoisotopic (exact) mass is 603 g/mol. The SMILES string of the molecule is CCN(CC)c1ccc(C(=C2C=CC(=[N+](CC)CC)C=C2)c2cc(O)c(S(=O)(=O)O)cc2S(=O)(=O)O)cc1.[Ca+2].[H-].[H-]. The molecule has 0 saturated heterocycles. The van der Waals surface area contributed by atoms with Crippen LogP contribution in [0.25, 0.3) is 5.57 Å². The molecular formula is C27H35CaN2O7S2+. The molecule has 9 nitrogen and oxygen atoms in total. The minimum Gasteiger partial charge on any atom is -1.00 e. The van der Waals surface area contributed by atoms with E-state index in [0.29, 0.717) is 22.8 Å². The number of allylic oxidation sites excluding steroid dienone is 5. The van der Waals surface area contributed by atoms with Crippen LogP contribution in [-0.4, -0.2) is 105 Å². The van der Waals surface area contributed by atoms with Gasteiger partial charge in [-0.15, -0.1) is 0 Å². The molecule has 3 N–H and O–H groups in total. The van der Waals surface area contributed by atoms with Crippen LogP contribution in [0.2, 0.25) is 0 Å². The van der Waals surface area contributed by atoms with Crippen molar-refractivity contribution in [3.05, 3.63) is 77.4 Å². The Kier molecular flexibility index (Phi) is 11.6. The summed E-state index contributed by atoms with van der Waals surface area (Å²) in [5.41, 5.74) is 3.26. The Labute approximate surface area is 263 Å². The average Bonchev–Trinajstić information content (AvgIpc) is 2.86. The number of anilines is 1. The maximum atomic E-state index is 12.4. The maximum absolute atomic E-state index is 12.4. The number of hydrogen-bond donors (Lipinski definition) is 3. The van der Waals surface area contributed by atoms with Crippen LogP contribution in [0.1, 0.15) is 41.7 Å². The van der Waals surface area contributed by atoms with E-state index < -0.39 is 35.8 Å². The number of phenols is 1. The van der Waals surface area contributed by atoms with Gasteiger partial charge in [0, 0.05) is 36.5 Å². The van der Waals surface area contributed by atoms with E-state index in [0.717, 1.165) is 43.6 Å². The third-order valence-corrected chi connectivity index (χ3v) is 8.23. The summed E-state index contributed by atoms with van der Waals surface area (Å²) >= 11 is 0. The molecular weight excluding hydrogens is 569 g/mol. The molecule has 1 aliphatic rings. The van der Waals surface area contributed by atoms with Gasteiger partial charge in [0.25, 0.3) is 20.2 Å². The van der Waals surface area contributed by atoms with E-state index in [2.05, 4.69) is 9.48 Å². The van der Waals surface area contributed by atoms with Gasteiger partial charge in [-0.25, -0.2) is 4.58 Å². The van der Waals surface area contributed by atoms with E-state index >= 15 is 0 Å². The van der Waals surface area contributed by atoms with Crippen LogP contribution in [-0.2, 0) is 20.2 Å². The zero-order valence-electron chi connectivity index (χ0n) is 24.5. The van der Waals surface area contributed by atoms with E-state index in [1.807, 2.05) is 52.0 Å². The molecule has 0 amide bonds. The van der Waals surface area contributed by atoms with Crippen LogP contribution in [0.15, 0.2) is 76.1 Å². The first-order valence-corrected chi connectivity index (χ1v) is 15.1. The summed E-state index contributed by atoms with van der Waals surface area (Å²) in [5, 5.41) is 10.5. The Bertz CT molecular complexity index is 1540. The van der Waals surface area contributed by atoms with Crippen LogP contribution in [0.3, 0.4) is 0 Å². The maximum Gasteiger partial charge on any atom is 2.00 e. The van der Waals surface area contributed by atoms with E-state index in [4.69, 9.17) is 0 Å². The number of nitrogens with zero attached hydrogens (tertiary/aromatic N) is 2. The third kappa shape index (κ3) is 7.60. The molecule has 0 radical (unpaired) electrons. The van der Waals surface area contributed by atoms with Gasteiger partial charge < -0.3 is 12.9 Å². The number of aromatic hydroxyl groups is 1. The van der Waals surface area contributed by atoms with E-state index in [-0.39, 0.29) is 46.2 Å². The Morgan fingerprint density at radius 1 is 0.821 bits per heavy atom. The van der Waals surface area contributed by atoms with Gasteiger partial charge in [-0.1, -0.05) is 12.1 Å². The molecule has 0 heterocycles. The molecule has 0 saturated carbocycles. The van der Waals surface area contributed by atoms with E-state index in [1.54, 1.807) is 24.3 Å². The molecule has 0 aliphatic heterocycles. The molecule has 12 heteroatoms. The Hall–Kier alpha value is -1.99. The quantitative estimate of drug-likeness (QED) is 0.222. The summed E-state index contributed by atoms with van der Waals surface area (Å²) in [6, 6.07) is 8.84. The van der Waals surface area contributed by atoms with Gasteiger partial charge in [-0.3, -0.25) is 9.11 Å². The molecule has 2 aromatic carbocycles. The number of rotatable bonds is 9. The molecule has 39 heavy (non-hydrogen) atoms. The number of phenolic OH excluding ortho intramolecular Hbond substituents is 1. The fourth-order valence-electron chi connectivity index (χ4n) is 4.50. The van der Waals surface area contributed by atoms with Gasteiger partial charge >= 0.3 is 37.7 Å². The van der Waals surface area contributed by atoms with Crippen LogP contribution in [0, 0.1) is 0 Å². The largest absolute Gasteiger partial charge is 2.00 e. The van der Waals surface area contributed by atoms with Crippen molar-refractivity contribution in [3.63, 3.8) is 0 Å². The summed E-state index contributed by atoms with van der Waals surface area (Å²) in [5.74, 6) is -0.855. The normalized spacial score (nSPS) is 13.3. The molecule has 1 aliphatic carbocycles. The van der Waals surface area contributed by atoms with Crippen molar-refractivity contribution in [2.45, 2.75) is 37.5 Å². The second kappa shape index (κ2) is 13.6. The molecule has 2 aromatic rings. The summed E-state index contributed by atoms with van der Waals surface area (Å²) < 4.78 is 70.1. The van der Waals surface area contributed by atoms with Crippen LogP contribution >= 0.6 is 0 Å². The molecule has 208 valence electrons. The number of hydrogen-bond acceptors (Lipinski definition) is 6. The summed E-state index contributed by atoms with van der Waals surface area (Å²) in [6.07, 6.45) is 7.35. The van der Waals surface area contributed by atoms with Gasteiger partial charge in [0.15, 0.2) is 5.71 Å². The van der Waals surface area contributed by atoms with Crippen molar-refractivity contribution >= 4 is 74.9 Å². The van der Waals surface area contributed by atoms with Crippen LogP contribution in [0.5, 0.6) is 5.75 Å². The minimum atomic E-state index is -4.98. The van der Waals surface area contributed by atoms with Gasteiger partial charge in [-0.2, -0.15) is 16.8 Å². The Morgan fingerprint density at radius 2 is 1.33 bits per heavy atom. The van der Waals surface area contributed by atoms with Crippen molar-refractivity contribution in [1.29, 1.82) is 0 Å². The first-order chi connectivity index (χ1) is 17.8. The second-order valence-electron chi connectivity index (χ2n) is 8.58. The summed E-state index contributed by atoms with van der Waals surface area (Å²) in [4.78, 5) is 0.346. The molecule has 0 fully saturated rings. The summed E-state index contributed by atoms with van der Waals surface area (Å²) in [7, 11) is -9.95. The Balaban J connectivity index is 0.00000533. The zero-order valence-corrected chi connectivity index (χ0v) is 26.3. The topological polar surface area (TPSA) is 135 Å². The predicted molar refractivity (Wildman–Crippen MR) is 156 cm³/mol. The fourth-order valence-corrected chi connectivity index (χ4v) is 5.87. The van der Waals surface area contributed by atoms with Crippen molar-refractivity contribution in [1.82, 2.24) is 0 Å². The van der Waals surface area contributed by atoms with Gasteiger partial charge in [0.2, 0.25) is 0 Å². The zero-order chi connectivity index (χ0) is 28.3. The van der Waals surface area contributed by atoms with Crippen LogP contribution in [0.4, 0.5) is 5.69 Å². The van der Waals surface area contributed by atoms with Gasteiger partial charge in [0.1, 0.15) is 28.6 Å². The summed E-state index contributed by atoms with van der Waals surface area (Å²) in [6.45, 7) is 11.3. The molecule has 3 rings (SSSR count). The average molecular weight is 604 g/mol. The minimum absolute atomic E-state index is 0. The molecule has 0 unspecified atom stereocenters. The van der Waals surface area contributed by atoms with Crippen molar-refractivity contribution in [2.75, 3.05) is 31.1 Å². The Morgan fingerprint density at radius 3 is 1.77 bits per heavy atom. The fraction of sp³-hybridized carbons (Fsp3) is 0.296. The smallest absolute Gasteiger partial charge is 1.00 e. The standard InChI is InChI=1S/C27H32N2O7S2.Ca.2H/c1-5-28(6-2)21-13-9-19(10-14-21)27(20-11-15-22(16-12-20)29(7-3)8-4)23-17-24(30)26(38(34,35)36)18-25(23)37(31,32)33;;;/h9-18H,5-8H2,1-4H3,(H2-,30,31,32,33,34,35,36);;;/q;+2;2*-1/p+1. The number of benzene rings is 2. The van der Waals surface area contributed by atoms with Crippen LogP contribution < -0.4 is 4.90 Å². The first kappa shape index (κ1) is 33.2. The molecule has 0 aromatic heterocycles. The van der Waals surface area contributed by atoms with E-state index in [9.17, 15) is 31.0 Å². The van der Waals surface area contributed by atoms with Gasteiger partial charge in [-0.05, 0) is 80.8 Å². The van der Waals surface area contributed by atoms with Crippen molar-refractivity contribution in [3.8, 4) is 5.75 Å². The molecule has 0 atom stereocenters. The molecule has 0 spiro atoms. The first-order valence-electron chi connectivity index (χ1n) is 12.3. The van der Waals surface area contributed by atoms with Crippen molar-refractivity contribution < 1.29 is 38.5 Å². The van der Waals surface area contributed by atoms with E-state index in [1.165, 1.54) is 0 Å².